The number of oxazole rings is 1. The van der Waals surface area contributed by atoms with E-state index in [1.54, 1.807) is 30.5 Å². The van der Waals surface area contributed by atoms with Crippen molar-refractivity contribution in [1.29, 1.82) is 0 Å². The van der Waals surface area contributed by atoms with E-state index in [1.165, 1.54) is 23.8 Å². The Morgan fingerprint density at radius 1 is 1.00 bits per heavy atom. The quantitative estimate of drug-likeness (QED) is 0.377. The average Bonchev–Trinajstić information content (AvgIpc) is 3.31. The topological polar surface area (TPSA) is 84.2 Å². The van der Waals surface area contributed by atoms with Gasteiger partial charge in [-0.1, -0.05) is 48.0 Å². The molecule has 7 heteroatoms. The van der Waals surface area contributed by atoms with Crippen LogP contribution in [0.2, 0.25) is 0 Å². The molecule has 0 saturated heterocycles. The van der Waals surface area contributed by atoms with Gasteiger partial charge in [-0.15, -0.1) is 0 Å². The molecular formula is C27H24FN3O3. The van der Waals surface area contributed by atoms with Gasteiger partial charge in [-0.25, -0.2) is 9.37 Å². The van der Waals surface area contributed by atoms with Crippen molar-refractivity contribution in [1.82, 2.24) is 10.3 Å². The van der Waals surface area contributed by atoms with E-state index in [2.05, 4.69) is 15.6 Å². The lowest BCUT2D eigenvalue weighted by Gasteiger charge is -2.09. The van der Waals surface area contributed by atoms with Gasteiger partial charge in [0.05, 0.1) is 6.20 Å². The zero-order valence-electron chi connectivity index (χ0n) is 18.7. The zero-order chi connectivity index (χ0) is 23.9. The number of benzene rings is 3. The Morgan fingerprint density at radius 3 is 2.59 bits per heavy atom. The van der Waals surface area contributed by atoms with Gasteiger partial charge in [0.1, 0.15) is 5.82 Å². The van der Waals surface area contributed by atoms with Crippen LogP contribution in [0.15, 0.2) is 83.4 Å². The number of carbonyl (C=O) groups excluding carboxylic acids is 2. The largest absolute Gasteiger partial charge is 0.441 e. The van der Waals surface area contributed by atoms with Gasteiger partial charge in [0, 0.05) is 36.2 Å². The molecule has 3 aromatic carbocycles. The van der Waals surface area contributed by atoms with Crippen LogP contribution in [-0.4, -0.2) is 16.8 Å². The summed E-state index contributed by atoms with van der Waals surface area (Å²) in [7, 11) is 0. The summed E-state index contributed by atoms with van der Waals surface area (Å²) < 4.78 is 19.1. The van der Waals surface area contributed by atoms with E-state index in [-0.39, 0.29) is 17.9 Å². The van der Waals surface area contributed by atoms with E-state index < -0.39 is 11.7 Å². The van der Waals surface area contributed by atoms with Crippen LogP contribution >= 0.6 is 0 Å². The SMILES string of the molecule is Cc1ccc(-c2cnc(CCC(=O)NCc3cccc(NC(=O)c4cccc(F)c4)c3)o2)cc1. The standard InChI is InChI=1S/C27H24FN3O3/c1-18-8-10-20(11-9-18)24-17-30-26(34-24)13-12-25(32)29-16-19-4-2-7-23(14-19)31-27(33)21-5-3-6-22(28)15-21/h2-11,14-15,17H,12-13,16H2,1H3,(H,29,32)(H,31,33). The first kappa shape index (κ1) is 22.9. The molecule has 172 valence electrons. The molecule has 1 aromatic heterocycles. The zero-order valence-corrected chi connectivity index (χ0v) is 18.7. The number of carbonyl (C=O) groups is 2. The molecular weight excluding hydrogens is 433 g/mol. The van der Waals surface area contributed by atoms with Crippen molar-refractivity contribution in [3.8, 4) is 11.3 Å². The van der Waals surface area contributed by atoms with E-state index in [0.717, 1.165) is 11.1 Å². The number of hydrogen-bond acceptors (Lipinski definition) is 4. The van der Waals surface area contributed by atoms with Crippen LogP contribution in [0, 0.1) is 12.7 Å². The van der Waals surface area contributed by atoms with E-state index >= 15 is 0 Å². The van der Waals surface area contributed by atoms with E-state index in [1.807, 2.05) is 37.3 Å². The number of hydrogen-bond donors (Lipinski definition) is 2. The number of rotatable bonds is 8. The van der Waals surface area contributed by atoms with E-state index in [4.69, 9.17) is 4.42 Å². The molecule has 1 heterocycles. The lowest BCUT2D eigenvalue weighted by molar-refractivity contribution is -0.121. The Morgan fingerprint density at radius 2 is 1.79 bits per heavy atom. The fourth-order valence-corrected chi connectivity index (χ4v) is 3.38. The minimum Gasteiger partial charge on any atom is -0.441 e. The minimum absolute atomic E-state index is 0.135. The minimum atomic E-state index is -0.472. The van der Waals surface area contributed by atoms with Gasteiger partial charge < -0.3 is 15.1 Å². The van der Waals surface area contributed by atoms with Gasteiger partial charge >= 0.3 is 0 Å². The van der Waals surface area contributed by atoms with Gasteiger partial charge in [-0.2, -0.15) is 0 Å². The molecule has 0 atom stereocenters. The summed E-state index contributed by atoms with van der Waals surface area (Å²) in [5.74, 6) is 0.168. The van der Waals surface area contributed by atoms with Gasteiger partial charge in [-0.3, -0.25) is 9.59 Å². The van der Waals surface area contributed by atoms with Gasteiger partial charge in [0.15, 0.2) is 11.7 Å². The lowest BCUT2D eigenvalue weighted by atomic mass is 10.1. The predicted molar refractivity (Wildman–Crippen MR) is 128 cm³/mol. The second kappa shape index (κ2) is 10.6. The van der Waals surface area contributed by atoms with Crippen molar-refractivity contribution in [2.24, 2.45) is 0 Å². The van der Waals surface area contributed by atoms with Crippen molar-refractivity contribution >= 4 is 17.5 Å². The third kappa shape index (κ3) is 6.16. The number of nitrogens with one attached hydrogen (secondary N) is 2. The van der Waals surface area contributed by atoms with Crippen LogP contribution in [0.1, 0.15) is 33.8 Å². The Kier molecular flexibility index (Phi) is 7.13. The highest BCUT2D eigenvalue weighted by atomic mass is 19.1. The third-order valence-electron chi connectivity index (χ3n) is 5.22. The van der Waals surface area contributed by atoms with Gasteiger partial charge in [0.25, 0.3) is 5.91 Å². The molecule has 0 bridgehead atoms. The van der Waals surface area contributed by atoms with Crippen molar-refractivity contribution in [3.63, 3.8) is 0 Å². The summed E-state index contributed by atoms with van der Waals surface area (Å²) in [4.78, 5) is 28.9. The Hall–Kier alpha value is -4.26. The normalized spacial score (nSPS) is 10.6. The summed E-state index contributed by atoms with van der Waals surface area (Å²) >= 11 is 0. The summed E-state index contributed by atoms with van der Waals surface area (Å²) in [6.07, 6.45) is 2.30. The van der Waals surface area contributed by atoms with Crippen LogP contribution in [0.5, 0.6) is 0 Å². The maximum absolute atomic E-state index is 13.3. The average molecular weight is 458 g/mol. The molecule has 0 aliphatic rings. The summed E-state index contributed by atoms with van der Waals surface area (Å²) in [6.45, 7) is 2.33. The first-order valence-electron chi connectivity index (χ1n) is 10.9. The second-order valence-electron chi connectivity index (χ2n) is 7.93. The van der Waals surface area contributed by atoms with Crippen molar-refractivity contribution in [3.05, 3.63) is 107 Å². The molecule has 34 heavy (non-hydrogen) atoms. The summed E-state index contributed by atoms with van der Waals surface area (Å²) in [6, 6.07) is 20.6. The Bertz CT molecular complexity index is 1300. The molecule has 4 aromatic rings. The Labute approximate surface area is 196 Å². The van der Waals surface area contributed by atoms with Crippen LogP contribution < -0.4 is 10.6 Å². The molecule has 2 N–H and O–H groups in total. The lowest BCUT2D eigenvalue weighted by Crippen LogP contribution is -2.23. The molecule has 0 fully saturated rings. The number of anilines is 1. The number of halogens is 1. The van der Waals surface area contributed by atoms with Crippen LogP contribution in [0.25, 0.3) is 11.3 Å². The third-order valence-corrected chi connectivity index (χ3v) is 5.22. The molecule has 0 aliphatic heterocycles. The first-order valence-corrected chi connectivity index (χ1v) is 10.9. The maximum Gasteiger partial charge on any atom is 0.255 e. The van der Waals surface area contributed by atoms with Crippen LogP contribution in [-0.2, 0) is 17.8 Å². The fraction of sp³-hybridized carbons (Fsp3) is 0.148. The second-order valence-corrected chi connectivity index (χ2v) is 7.93. The molecule has 2 amide bonds. The smallest absolute Gasteiger partial charge is 0.255 e. The molecule has 0 unspecified atom stereocenters. The maximum atomic E-state index is 13.3. The molecule has 6 nitrogen and oxygen atoms in total. The number of aromatic nitrogens is 1. The van der Waals surface area contributed by atoms with Gasteiger partial charge in [-0.05, 0) is 42.8 Å². The number of aryl methyl sites for hydroxylation is 2. The van der Waals surface area contributed by atoms with Crippen molar-refractivity contribution < 1.29 is 18.4 Å². The van der Waals surface area contributed by atoms with E-state index in [0.29, 0.717) is 30.3 Å². The van der Waals surface area contributed by atoms with Crippen LogP contribution in [0.3, 0.4) is 0 Å². The molecule has 0 spiro atoms. The number of nitrogens with zero attached hydrogens (tertiary/aromatic N) is 1. The molecule has 0 radical (unpaired) electrons. The highest BCUT2D eigenvalue weighted by molar-refractivity contribution is 6.04. The fourth-order valence-electron chi connectivity index (χ4n) is 3.38. The predicted octanol–water partition coefficient (Wildman–Crippen LogP) is 5.29. The molecule has 4 rings (SSSR count). The Balaban J connectivity index is 1.26. The van der Waals surface area contributed by atoms with Crippen molar-refractivity contribution in [2.45, 2.75) is 26.3 Å². The highest BCUT2D eigenvalue weighted by Gasteiger charge is 2.10. The van der Waals surface area contributed by atoms with Crippen molar-refractivity contribution in [2.75, 3.05) is 5.32 Å². The van der Waals surface area contributed by atoms with E-state index in [9.17, 15) is 14.0 Å². The van der Waals surface area contributed by atoms with Gasteiger partial charge in [0.2, 0.25) is 5.91 Å². The molecule has 0 saturated carbocycles. The highest BCUT2D eigenvalue weighted by Crippen LogP contribution is 2.21. The monoisotopic (exact) mass is 457 g/mol. The number of amides is 2. The summed E-state index contributed by atoms with van der Waals surface area (Å²) in [5, 5.41) is 5.60. The van der Waals surface area contributed by atoms with Crippen LogP contribution in [0.4, 0.5) is 10.1 Å². The summed E-state index contributed by atoms with van der Waals surface area (Å²) in [5.41, 5.74) is 3.72. The first-order chi connectivity index (χ1) is 16.5. The molecule has 0 aliphatic carbocycles.